The molecule has 1 heterocycles. The van der Waals surface area contributed by atoms with E-state index in [0.717, 1.165) is 24.5 Å². The zero-order valence-electron chi connectivity index (χ0n) is 10.1. The maximum atomic E-state index is 11.7. The van der Waals surface area contributed by atoms with Gasteiger partial charge in [-0.05, 0) is 20.3 Å². The lowest BCUT2D eigenvalue weighted by atomic mass is 10.3. The molecule has 1 aliphatic heterocycles. The van der Waals surface area contributed by atoms with Crippen molar-refractivity contribution in [2.75, 3.05) is 31.2 Å². The number of ether oxygens (including phenoxy) is 1. The van der Waals surface area contributed by atoms with Crippen molar-refractivity contribution in [3.05, 3.63) is 0 Å². The lowest BCUT2D eigenvalue weighted by Gasteiger charge is -2.22. The van der Waals surface area contributed by atoms with Gasteiger partial charge in [0.05, 0.1) is 12.1 Å². The highest BCUT2D eigenvalue weighted by Crippen LogP contribution is 2.07. The van der Waals surface area contributed by atoms with E-state index in [-0.39, 0.29) is 18.1 Å². The molecule has 16 heavy (non-hydrogen) atoms. The zero-order valence-corrected chi connectivity index (χ0v) is 10.9. The van der Waals surface area contributed by atoms with Crippen molar-refractivity contribution < 1.29 is 9.53 Å². The first-order valence-corrected chi connectivity index (χ1v) is 7.06. The molecule has 1 atom stereocenters. The number of carbonyl (C=O) groups excluding carboxylic acids is 1. The van der Waals surface area contributed by atoms with Gasteiger partial charge in [-0.15, -0.1) is 0 Å². The van der Waals surface area contributed by atoms with Crippen LogP contribution in [0, 0.1) is 0 Å². The van der Waals surface area contributed by atoms with E-state index >= 15 is 0 Å². The molecule has 94 valence electrons. The fourth-order valence-electron chi connectivity index (χ4n) is 1.46. The van der Waals surface area contributed by atoms with Crippen molar-refractivity contribution in [1.29, 1.82) is 0 Å². The number of amides is 1. The lowest BCUT2D eigenvalue weighted by Crippen LogP contribution is -2.49. The van der Waals surface area contributed by atoms with Gasteiger partial charge >= 0.3 is 0 Å². The number of nitrogens with one attached hydrogen (secondary N) is 2. The highest BCUT2D eigenvalue weighted by Gasteiger charge is 2.19. The largest absolute Gasteiger partial charge is 0.379 e. The van der Waals surface area contributed by atoms with E-state index < -0.39 is 0 Å². The molecule has 0 aromatic rings. The molecule has 5 heteroatoms. The summed E-state index contributed by atoms with van der Waals surface area (Å²) in [4.78, 5) is 11.7. The van der Waals surface area contributed by atoms with Gasteiger partial charge in [-0.3, -0.25) is 4.79 Å². The first kappa shape index (κ1) is 13.8. The molecule has 1 saturated heterocycles. The average molecular weight is 246 g/mol. The van der Waals surface area contributed by atoms with Gasteiger partial charge in [0.1, 0.15) is 0 Å². The minimum atomic E-state index is -0.00947. The molecule has 0 aromatic heterocycles. The van der Waals surface area contributed by atoms with Crippen LogP contribution in [0.2, 0.25) is 0 Å². The Morgan fingerprint density at radius 3 is 3.06 bits per heavy atom. The van der Waals surface area contributed by atoms with Gasteiger partial charge in [0, 0.05) is 31.2 Å². The van der Waals surface area contributed by atoms with Crippen LogP contribution in [0.1, 0.15) is 20.3 Å². The molecular formula is C11H22N2O2S. The Morgan fingerprint density at radius 1 is 1.62 bits per heavy atom. The van der Waals surface area contributed by atoms with Crippen LogP contribution in [0.5, 0.6) is 0 Å². The fourth-order valence-corrected chi connectivity index (χ4v) is 2.39. The number of hydrogen-bond acceptors (Lipinski definition) is 4. The van der Waals surface area contributed by atoms with Gasteiger partial charge < -0.3 is 15.4 Å². The van der Waals surface area contributed by atoms with E-state index in [0.29, 0.717) is 13.2 Å². The van der Waals surface area contributed by atoms with Gasteiger partial charge in [-0.2, -0.15) is 11.8 Å². The third kappa shape index (κ3) is 5.72. The summed E-state index contributed by atoms with van der Waals surface area (Å²) in [5.74, 6) is 2.11. The van der Waals surface area contributed by atoms with Gasteiger partial charge in [0.15, 0.2) is 0 Å². The third-order valence-corrected chi connectivity index (χ3v) is 3.37. The molecule has 2 N–H and O–H groups in total. The lowest BCUT2D eigenvalue weighted by molar-refractivity contribution is -0.122. The van der Waals surface area contributed by atoms with Crippen LogP contribution in [-0.2, 0) is 9.53 Å². The van der Waals surface area contributed by atoms with Crippen molar-refractivity contribution in [1.82, 2.24) is 10.6 Å². The highest BCUT2D eigenvalue weighted by molar-refractivity contribution is 7.99. The molecule has 1 rings (SSSR count). The van der Waals surface area contributed by atoms with Crippen molar-refractivity contribution in [2.45, 2.75) is 32.4 Å². The SMILES string of the molecule is CC(C)OCCCNC(=O)C1CSCCN1. The van der Waals surface area contributed by atoms with Crippen LogP contribution in [-0.4, -0.2) is 49.3 Å². The first-order valence-electron chi connectivity index (χ1n) is 5.90. The molecule has 1 amide bonds. The summed E-state index contributed by atoms with van der Waals surface area (Å²) in [5.41, 5.74) is 0. The van der Waals surface area contributed by atoms with E-state index in [1.165, 1.54) is 0 Å². The summed E-state index contributed by atoms with van der Waals surface area (Å²) in [6.45, 7) is 6.38. The van der Waals surface area contributed by atoms with Crippen molar-refractivity contribution in [3.63, 3.8) is 0 Å². The molecule has 1 aliphatic rings. The predicted octanol–water partition coefficient (Wildman–Crippen LogP) is 0.623. The van der Waals surface area contributed by atoms with Gasteiger partial charge in [0.25, 0.3) is 0 Å². The Bertz CT molecular complexity index is 206. The average Bonchev–Trinajstić information content (AvgIpc) is 2.29. The zero-order chi connectivity index (χ0) is 11.8. The summed E-state index contributed by atoms with van der Waals surface area (Å²) in [6.07, 6.45) is 1.15. The number of rotatable bonds is 6. The minimum Gasteiger partial charge on any atom is -0.379 e. The summed E-state index contributed by atoms with van der Waals surface area (Å²) in [7, 11) is 0. The van der Waals surface area contributed by atoms with Crippen LogP contribution in [0.3, 0.4) is 0 Å². The second-order valence-electron chi connectivity index (χ2n) is 4.15. The smallest absolute Gasteiger partial charge is 0.237 e. The molecule has 0 radical (unpaired) electrons. The summed E-state index contributed by atoms with van der Waals surface area (Å²) >= 11 is 1.83. The molecule has 0 spiro atoms. The molecule has 1 unspecified atom stereocenters. The van der Waals surface area contributed by atoms with Crippen LogP contribution in [0.25, 0.3) is 0 Å². The Kier molecular flexibility index (Phi) is 6.84. The second kappa shape index (κ2) is 7.92. The van der Waals surface area contributed by atoms with Crippen molar-refractivity contribution in [2.24, 2.45) is 0 Å². The van der Waals surface area contributed by atoms with Gasteiger partial charge in [-0.1, -0.05) is 0 Å². The number of carbonyl (C=O) groups is 1. The van der Waals surface area contributed by atoms with E-state index in [9.17, 15) is 4.79 Å². The maximum Gasteiger partial charge on any atom is 0.237 e. The van der Waals surface area contributed by atoms with Crippen LogP contribution in [0.4, 0.5) is 0 Å². The first-order chi connectivity index (χ1) is 7.70. The summed E-state index contributed by atoms with van der Waals surface area (Å²) < 4.78 is 5.40. The predicted molar refractivity (Wildman–Crippen MR) is 67.8 cm³/mol. The second-order valence-corrected chi connectivity index (χ2v) is 5.30. The van der Waals surface area contributed by atoms with Crippen LogP contribution >= 0.6 is 11.8 Å². The Labute approximate surface area is 102 Å². The van der Waals surface area contributed by atoms with E-state index in [1.807, 2.05) is 25.6 Å². The Morgan fingerprint density at radius 2 is 2.44 bits per heavy atom. The van der Waals surface area contributed by atoms with E-state index in [2.05, 4.69) is 10.6 Å². The maximum absolute atomic E-state index is 11.7. The molecular weight excluding hydrogens is 224 g/mol. The molecule has 4 nitrogen and oxygen atoms in total. The molecule has 1 fully saturated rings. The Hall–Kier alpha value is -0.260. The third-order valence-electron chi connectivity index (χ3n) is 2.31. The van der Waals surface area contributed by atoms with E-state index in [1.54, 1.807) is 0 Å². The van der Waals surface area contributed by atoms with Gasteiger partial charge in [0.2, 0.25) is 5.91 Å². The van der Waals surface area contributed by atoms with Crippen molar-refractivity contribution in [3.8, 4) is 0 Å². The van der Waals surface area contributed by atoms with Gasteiger partial charge in [-0.25, -0.2) is 0 Å². The standard InChI is InChI=1S/C11H22N2O2S/c1-9(2)15-6-3-4-13-11(14)10-8-16-7-5-12-10/h9-10,12H,3-8H2,1-2H3,(H,13,14). The van der Waals surface area contributed by atoms with E-state index in [4.69, 9.17) is 4.74 Å². The highest BCUT2D eigenvalue weighted by atomic mass is 32.2. The van der Waals surface area contributed by atoms with Crippen LogP contribution < -0.4 is 10.6 Å². The van der Waals surface area contributed by atoms with Crippen LogP contribution in [0.15, 0.2) is 0 Å². The molecule has 0 bridgehead atoms. The summed E-state index contributed by atoms with van der Waals surface area (Å²) in [5, 5.41) is 6.15. The molecule has 0 aromatic carbocycles. The fraction of sp³-hybridized carbons (Fsp3) is 0.909. The number of hydrogen-bond donors (Lipinski definition) is 2. The number of thioether (sulfide) groups is 1. The Balaban J connectivity index is 2.01. The topological polar surface area (TPSA) is 50.4 Å². The normalized spacial score (nSPS) is 21.1. The molecule has 0 aliphatic carbocycles. The monoisotopic (exact) mass is 246 g/mol. The quantitative estimate of drug-likeness (QED) is 0.675. The summed E-state index contributed by atoms with van der Waals surface area (Å²) in [6, 6.07) is -0.00947. The molecule has 0 saturated carbocycles. The minimum absolute atomic E-state index is 0.00947. The van der Waals surface area contributed by atoms with Crippen molar-refractivity contribution >= 4 is 17.7 Å².